The van der Waals surface area contributed by atoms with Gasteiger partial charge in [0.1, 0.15) is 0 Å². The third kappa shape index (κ3) is 73.8. The van der Waals surface area contributed by atoms with Crippen LogP contribution in [0.3, 0.4) is 0 Å². The van der Waals surface area contributed by atoms with Crippen LogP contribution in [0.1, 0.15) is 27.7 Å². The SMILES string of the molecule is CCOS(=O)(=O)[O-].CCOS(=O)(=O)[O-].CCOS(=O)(=O)[O-].CCOS(=O)(=O)[O-].[Mo+4]. The Labute approximate surface area is 185 Å². The molecule has 178 valence electrons. The van der Waals surface area contributed by atoms with E-state index < -0.39 is 41.6 Å². The predicted molar refractivity (Wildman–Crippen MR) is 85.3 cm³/mol. The van der Waals surface area contributed by atoms with Crippen LogP contribution in [-0.2, 0) is 79.4 Å². The zero-order valence-corrected chi connectivity index (χ0v) is 20.7. The molecule has 0 bridgehead atoms. The Hall–Kier alpha value is 0.168. The van der Waals surface area contributed by atoms with Gasteiger partial charge in [-0.1, -0.05) is 0 Å². The standard InChI is InChI=1S/4C2H6O4S.Mo/c4*1-2-6-7(3,4)5;/h4*2H2,1H3,(H,3,4,5);/q;;;;+4/p-4. The van der Waals surface area contributed by atoms with Crippen LogP contribution in [0.2, 0.25) is 0 Å². The molecule has 0 aromatic heterocycles. The van der Waals surface area contributed by atoms with E-state index in [2.05, 4.69) is 16.7 Å². The van der Waals surface area contributed by atoms with Gasteiger partial charge in [-0.15, -0.1) is 0 Å². The van der Waals surface area contributed by atoms with E-state index in [0.717, 1.165) is 0 Å². The first-order chi connectivity index (χ1) is 12.2. The normalized spacial score (nSPS) is 11.3. The summed E-state index contributed by atoms with van der Waals surface area (Å²) in [6.45, 7) is 5.34. The number of hydrogen-bond acceptors (Lipinski definition) is 16. The van der Waals surface area contributed by atoms with Gasteiger partial charge in [0, 0.05) is 0 Å². The predicted octanol–water partition coefficient (Wildman–Crippen LogP) is -2.07. The van der Waals surface area contributed by atoms with Crippen molar-refractivity contribution in [1.29, 1.82) is 0 Å². The fourth-order valence-electron chi connectivity index (χ4n) is 0.577. The van der Waals surface area contributed by atoms with Gasteiger partial charge in [-0.05, 0) is 27.7 Å². The van der Waals surface area contributed by atoms with E-state index in [9.17, 15) is 51.9 Å². The van der Waals surface area contributed by atoms with Crippen LogP contribution in [0.15, 0.2) is 0 Å². The van der Waals surface area contributed by atoms with Gasteiger partial charge in [0.05, 0.1) is 26.4 Å². The van der Waals surface area contributed by atoms with E-state index in [1.165, 1.54) is 27.7 Å². The Morgan fingerprint density at radius 3 is 0.552 bits per heavy atom. The average molecular weight is 596 g/mol. The molecule has 29 heavy (non-hydrogen) atoms. The molecule has 0 aliphatic rings. The maximum absolute atomic E-state index is 9.45. The van der Waals surface area contributed by atoms with Crippen molar-refractivity contribution in [3.63, 3.8) is 0 Å². The molecule has 0 saturated carbocycles. The summed E-state index contributed by atoms with van der Waals surface area (Å²) in [6.07, 6.45) is 0. The topological polar surface area (TPSA) is 266 Å². The summed E-state index contributed by atoms with van der Waals surface area (Å²) in [7, 11) is -17.7. The first kappa shape index (κ1) is 39.6. The second-order valence-electron chi connectivity index (χ2n) is 3.26. The molecule has 0 heterocycles. The van der Waals surface area contributed by atoms with Crippen molar-refractivity contribution in [2.75, 3.05) is 26.4 Å². The van der Waals surface area contributed by atoms with Crippen LogP contribution >= 0.6 is 0 Å². The van der Waals surface area contributed by atoms with Crippen LogP contribution in [0.5, 0.6) is 0 Å². The summed E-state index contributed by atoms with van der Waals surface area (Å²) in [4.78, 5) is 0. The van der Waals surface area contributed by atoms with Gasteiger partial charge in [-0.2, -0.15) is 0 Å². The first-order valence-corrected chi connectivity index (χ1v) is 12.0. The fraction of sp³-hybridized carbons (Fsp3) is 1.00. The molecule has 21 heteroatoms. The Morgan fingerprint density at radius 2 is 0.552 bits per heavy atom. The Kier molecular flexibility index (Phi) is 27.5. The molecule has 0 rings (SSSR count). The summed E-state index contributed by atoms with van der Waals surface area (Å²) >= 11 is 0. The van der Waals surface area contributed by atoms with Crippen molar-refractivity contribution in [2.24, 2.45) is 0 Å². The zero-order chi connectivity index (χ0) is 23.7. The van der Waals surface area contributed by atoms with Gasteiger partial charge in [-0.25, -0.2) is 33.7 Å². The van der Waals surface area contributed by atoms with Crippen LogP contribution in [0.4, 0.5) is 0 Å². The van der Waals surface area contributed by atoms with E-state index >= 15 is 0 Å². The van der Waals surface area contributed by atoms with Gasteiger partial charge in [0.2, 0.25) is 41.6 Å². The smallest absolute Gasteiger partial charge is 0.726 e. The summed E-state index contributed by atoms with van der Waals surface area (Å²) < 4.78 is 128. The molecule has 0 aromatic rings. The van der Waals surface area contributed by atoms with E-state index in [1.807, 2.05) is 0 Å². The molecule has 0 spiro atoms. The third-order valence-electron chi connectivity index (χ3n) is 1.05. The van der Waals surface area contributed by atoms with E-state index in [-0.39, 0.29) is 47.5 Å². The molecule has 0 N–H and O–H groups in total. The molecule has 0 amide bonds. The minimum atomic E-state index is -4.42. The second-order valence-corrected chi connectivity index (χ2v) is 7.47. The zero-order valence-electron chi connectivity index (χ0n) is 15.4. The van der Waals surface area contributed by atoms with Crippen molar-refractivity contribution in [1.82, 2.24) is 0 Å². The largest absolute Gasteiger partial charge is 4.00 e. The third-order valence-corrected chi connectivity index (χ3v) is 3.15. The van der Waals surface area contributed by atoms with Crippen LogP contribution in [0, 0.1) is 0 Å². The monoisotopic (exact) mass is 598 g/mol. The van der Waals surface area contributed by atoms with Gasteiger partial charge in [0.25, 0.3) is 0 Å². The maximum atomic E-state index is 9.45. The molecule has 0 aliphatic carbocycles. The van der Waals surface area contributed by atoms with Crippen molar-refractivity contribution >= 4 is 41.6 Å². The summed E-state index contributed by atoms with van der Waals surface area (Å²) in [5.74, 6) is 0. The van der Waals surface area contributed by atoms with E-state index in [1.54, 1.807) is 0 Å². The molecule has 0 atom stereocenters. The summed E-state index contributed by atoms with van der Waals surface area (Å²) in [5.41, 5.74) is 0. The van der Waals surface area contributed by atoms with Crippen molar-refractivity contribution < 1.29 is 89.7 Å². The van der Waals surface area contributed by atoms with Gasteiger partial charge >= 0.3 is 21.1 Å². The van der Waals surface area contributed by atoms with Gasteiger partial charge in [0.15, 0.2) is 0 Å². The minimum absolute atomic E-state index is 0. The van der Waals surface area contributed by atoms with Crippen molar-refractivity contribution in [3.05, 3.63) is 0 Å². The molecular formula is C8H20MoO16S4. The Balaban J connectivity index is -0.0000000873. The molecule has 16 nitrogen and oxygen atoms in total. The minimum Gasteiger partial charge on any atom is -0.726 e. The van der Waals surface area contributed by atoms with Crippen molar-refractivity contribution in [3.8, 4) is 0 Å². The quantitative estimate of drug-likeness (QED) is 0.165. The summed E-state index contributed by atoms with van der Waals surface area (Å²) in [5, 5.41) is 0. The first-order valence-electron chi connectivity index (χ1n) is 6.65. The molecule has 0 fully saturated rings. The fourth-order valence-corrected chi connectivity index (χ4v) is 1.73. The summed E-state index contributed by atoms with van der Waals surface area (Å²) in [6, 6.07) is 0. The van der Waals surface area contributed by atoms with Crippen LogP contribution in [0.25, 0.3) is 0 Å². The molecule has 0 unspecified atom stereocenters. The van der Waals surface area contributed by atoms with E-state index in [4.69, 9.17) is 0 Å². The van der Waals surface area contributed by atoms with E-state index in [0.29, 0.717) is 0 Å². The Morgan fingerprint density at radius 1 is 0.448 bits per heavy atom. The number of rotatable bonds is 8. The number of hydrogen-bond donors (Lipinski definition) is 0. The second kappa shape index (κ2) is 20.1. The average Bonchev–Trinajstić information content (AvgIpc) is 2.34. The van der Waals surface area contributed by atoms with Gasteiger partial charge < -0.3 is 18.2 Å². The Bertz CT molecular complexity index is 633. The van der Waals surface area contributed by atoms with Crippen molar-refractivity contribution in [2.45, 2.75) is 27.7 Å². The molecule has 0 radical (unpaired) electrons. The maximum Gasteiger partial charge on any atom is 4.00 e. The molecule has 0 aromatic carbocycles. The van der Waals surface area contributed by atoms with Crippen LogP contribution in [-0.4, -0.2) is 78.3 Å². The molecular weight excluding hydrogens is 576 g/mol. The van der Waals surface area contributed by atoms with Gasteiger partial charge in [-0.3, -0.25) is 16.7 Å². The molecule has 0 saturated heterocycles. The molecule has 0 aliphatic heterocycles. The van der Waals surface area contributed by atoms with Crippen LogP contribution < -0.4 is 0 Å².